The van der Waals surface area contributed by atoms with E-state index >= 15 is 0 Å². The minimum Gasteiger partial charge on any atom is -0.497 e. The zero-order chi connectivity index (χ0) is 19.9. The average Bonchev–Trinajstić information content (AvgIpc) is 2.96. The number of nitrogens with zero attached hydrogens (tertiary/aromatic N) is 3. The molecule has 0 aliphatic rings. The zero-order valence-corrected chi connectivity index (χ0v) is 17.5. The van der Waals surface area contributed by atoms with Gasteiger partial charge in [0.05, 0.1) is 12.1 Å². The van der Waals surface area contributed by atoms with Gasteiger partial charge in [-0.1, -0.05) is 25.4 Å². The maximum absolute atomic E-state index is 13.3. The quantitative estimate of drug-likeness (QED) is 0.626. The molecule has 0 spiro atoms. The molecule has 0 saturated heterocycles. The van der Waals surface area contributed by atoms with E-state index in [0.29, 0.717) is 28.0 Å². The number of hydrogen-bond donors (Lipinski definition) is 0. The van der Waals surface area contributed by atoms with Crippen LogP contribution in [0.25, 0.3) is 16.9 Å². The molecule has 3 aromatic rings. The van der Waals surface area contributed by atoms with Crippen LogP contribution in [-0.2, 0) is 7.05 Å². The summed E-state index contributed by atoms with van der Waals surface area (Å²) in [5.41, 5.74) is 4.29. The maximum Gasteiger partial charge on any atom is 0.278 e. The van der Waals surface area contributed by atoms with Crippen molar-refractivity contribution >= 4 is 17.1 Å². The van der Waals surface area contributed by atoms with Gasteiger partial charge in [-0.15, -0.1) is 5.10 Å². The number of aromatic nitrogens is 3. The van der Waals surface area contributed by atoms with Crippen molar-refractivity contribution in [3.8, 4) is 17.1 Å². The van der Waals surface area contributed by atoms with Gasteiger partial charge in [0.2, 0.25) is 0 Å². The van der Waals surface area contributed by atoms with Crippen LogP contribution in [0.2, 0.25) is 5.02 Å². The number of benzene rings is 1. The van der Waals surface area contributed by atoms with E-state index in [4.69, 9.17) is 21.4 Å². The highest BCUT2D eigenvalue weighted by molar-refractivity contribution is 6.33. The fraction of sp³-hybridized carbons (Fsp3) is 0.429. The van der Waals surface area contributed by atoms with Crippen LogP contribution in [-0.4, -0.2) is 21.3 Å². The summed E-state index contributed by atoms with van der Waals surface area (Å²) in [4.78, 5) is 13.3. The molecule has 0 atom stereocenters. The first-order chi connectivity index (χ1) is 12.8. The van der Waals surface area contributed by atoms with Gasteiger partial charge in [0.1, 0.15) is 11.3 Å². The summed E-state index contributed by atoms with van der Waals surface area (Å²) in [6.07, 6.45) is 1.98. The number of hydrogen-bond acceptors (Lipinski definition) is 3. The van der Waals surface area contributed by atoms with Gasteiger partial charge in [-0.25, -0.2) is 4.52 Å². The fourth-order valence-corrected chi connectivity index (χ4v) is 4.13. The van der Waals surface area contributed by atoms with Gasteiger partial charge in [-0.3, -0.25) is 9.36 Å². The smallest absolute Gasteiger partial charge is 0.278 e. The first-order valence-corrected chi connectivity index (χ1v) is 9.65. The molecule has 27 heavy (non-hydrogen) atoms. The molecule has 0 radical (unpaired) electrons. The summed E-state index contributed by atoms with van der Waals surface area (Å²) in [7, 11) is 3.36. The molecule has 3 rings (SSSR count). The molecule has 0 N–H and O–H groups in total. The van der Waals surface area contributed by atoms with E-state index in [0.717, 1.165) is 35.2 Å². The Morgan fingerprint density at radius 1 is 1.19 bits per heavy atom. The Kier molecular flexibility index (Phi) is 5.33. The lowest BCUT2D eigenvalue weighted by molar-refractivity contribution is 0.414. The van der Waals surface area contributed by atoms with E-state index < -0.39 is 0 Å². The summed E-state index contributed by atoms with van der Waals surface area (Å²) in [6.45, 7) is 8.23. The minimum absolute atomic E-state index is 0.0544. The van der Waals surface area contributed by atoms with Crippen molar-refractivity contribution in [1.29, 1.82) is 0 Å². The maximum atomic E-state index is 13.3. The molecule has 0 unspecified atom stereocenters. The summed E-state index contributed by atoms with van der Waals surface area (Å²) in [5.74, 6) is 1.58. The van der Waals surface area contributed by atoms with E-state index in [1.165, 1.54) is 0 Å². The lowest BCUT2D eigenvalue weighted by atomic mass is 9.95. The van der Waals surface area contributed by atoms with Crippen LogP contribution in [0.1, 0.15) is 49.4 Å². The van der Waals surface area contributed by atoms with E-state index in [2.05, 4.69) is 19.9 Å². The third-order valence-electron chi connectivity index (χ3n) is 5.35. The van der Waals surface area contributed by atoms with Crippen molar-refractivity contribution < 1.29 is 4.74 Å². The van der Waals surface area contributed by atoms with E-state index in [1.807, 2.05) is 19.9 Å². The molecule has 0 aliphatic heterocycles. The monoisotopic (exact) mass is 387 g/mol. The number of rotatable bonds is 5. The molecular weight excluding hydrogens is 362 g/mol. The van der Waals surface area contributed by atoms with Crippen LogP contribution < -0.4 is 10.3 Å². The Morgan fingerprint density at radius 2 is 1.85 bits per heavy atom. The van der Waals surface area contributed by atoms with Crippen molar-refractivity contribution in [3.05, 3.63) is 50.4 Å². The zero-order valence-electron chi connectivity index (χ0n) is 16.8. The second-order valence-electron chi connectivity index (χ2n) is 7.00. The van der Waals surface area contributed by atoms with Gasteiger partial charge in [0.15, 0.2) is 5.82 Å². The van der Waals surface area contributed by atoms with Crippen LogP contribution >= 0.6 is 11.6 Å². The molecule has 0 aliphatic carbocycles. The van der Waals surface area contributed by atoms with Crippen LogP contribution in [0.3, 0.4) is 0 Å². The number of ether oxygens (including phenoxy) is 1. The predicted molar refractivity (Wildman–Crippen MR) is 110 cm³/mol. The van der Waals surface area contributed by atoms with Crippen LogP contribution in [0.15, 0.2) is 23.0 Å². The average molecular weight is 388 g/mol. The Hall–Kier alpha value is -2.27. The van der Waals surface area contributed by atoms with Crippen LogP contribution in [0, 0.1) is 13.8 Å². The highest BCUT2D eigenvalue weighted by Crippen LogP contribution is 2.34. The molecule has 2 heterocycles. The first-order valence-electron chi connectivity index (χ1n) is 9.27. The van der Waals surface area contributed by atoms with E-state index in [1.54, 1.807) is 29.3 Å². The van der Waals surface area contributed by atoms with E-state index in [-0.39, 0.29) is 5.56 Å². The number of fused-ring (bicyclic) bond motifs is 1. The fourth-order valence-electron chi connectivity index (χ4n) is 3.78. The summed E-state index contributed by atoms with van der Waals surface area (Å²) in [6, 6.07) is 5.74. The molecule has 0 bridgehead atoms. The van der Waals surface area contributed by atoms with Gasteiger partial charge in [-0.2, -0.15) is 0 Å². The lowest BCUT2D eigenvalue weighted by Crippen LogP contribution is -2.24. The second-order valence-corrected chi connectivity index (χ2v) is 7.41. The molecule has 2 aromatic heterocycles. The van der Waals surface area contributed by atoms with Gasteiger partial charge in [0.25, 0.3) is 5.56 Å². The molecule has 0 amide bonds. The van der Waals surface area contributed by atoms with E-state index in [9.17, 15) is 4.79 Å². The number of halogens is 1. The third kappa shape index (κ3) is 3.14. The Bertz CT molecular complexity index is 1040. The molecule has 1 aromatic carbocycles. The third-order valence-corrected chi connectivity index (χ3v) is 5.65. The summed E-state index contributed by atoms with van der Waals surface area (Å²) < 4.78 is 8.65. The summed E-state index contributed by atoms with van der Waals surface area (Å²) in [5, 5.41) is 5.32. The molecule has 5 nitrogen and oxygen atoms in total. The van der Waals surface area contributed by atoms with Crippen molar-refractivity contribution in [2.24, 2.45) is 7.05 Å². The van der Waals surface area contributed by atoms with Gasteiger partial charge >= 0.3 is 0 Å². The normalized spacial score (nSPS) is 11.6. The lowest BCUT2D eigenvalue weighted by Gasteiger charge is -2.15. The van der Waals surface area contributed by atoms with Gasteiger partial charge < -0.3 is 4.74 Å². The van der Waals surface area contributed by atoms with Crippen LogP contribution in [0.4, 0.5) is 0 Å². The largest absolute Gasteiger partial charge is 0.497 e. The van der Waals surface area contributed by atoms with Gasteiger partial charge in [0, 0.05) is 18.3 Å². The van der Waals surface area contributed by atoms with Crippen molar-refractivity contribution in [2.45, 2.75) is 46.5 Å². The minimum atomic E-state index is -0.0544. The highest BCUT2D eigenvalue weighted by atomic mass is 35.5. The molecule has 0 saturated carbocycles. The topological polar surface area (TPSA) is 48.5 Å². The van der Waals surface area contributed by atoms with Gasteiger partial charge in [-0.05, 0) is 61.9 Å². The van der Waals surface area contributed by atoms with Crippen molar-refractivity contribution in [1.82, 2.24) is 14.2 Å². The molecule has 6 heteroatoms. The highest BCUT2D eigenvalue weighted by Gasteiger charge is 2.22. The SMILES string of the molecule is CCC(CC)c1cc(C)n2nc(-c3c(C)cc(OC)cc3Cl)n(C)c(=O)c12. The Labute approximate surface area is 164 Å². The Morgan fingerprint density at radius 3 is 2.41 bits per heavy atom. The standard InChI is InChI=1S/C21H26ClN3O2/c1-7-14(8-2)16-10-13(4)25-19(16)21(26)24(5)20(23-25)18-12(3)9-15(27-6)11-17(18)22/h9-11,14H,7-8H2,1-6H3. The molecule has 0 fully saturated rings. The van der Waals surface area contributed by atoms with Crippen LogP contribution in [0.5, 0.6) is 5.75 Å². The molecular formula is C21H26ClN3O2. The van der Waals surface area contributed by atoms with Crippen molar-refractivity contribution in [2.75, 3.05) is 7.11 Å². The predicted octanol–water partition coefficient (Wildman–Crippen LogP) is 4.88. The first kappa shape index (κ1) is 19.5. The number of methoxy groups -OCH3 is 1. The number of aryl methyl sites for hydroxylation is 2. The summed E-state index contributed by atoms with van der Waals surface area (Å²) >= 11 is 6.52. The van der Waals surface area contributed by atoms with Crippen molar-refractivity contribution in [3.63, 3.8) is 0 Å². The second kappa shape index (κ2) is 7.39. The Balaban J connectivity index is 2.35. The molecule has 144 valence electrons.